The Morgan fingerprint density at radius 2 is 2.00 bits per heavy atom. The van der Waals surface area contributed by atoms with Crippen LogP contribution in [0.4, 0.5) is 5.69 Å². The number of hydrogen-bond donors (Lipinski definition) is 0. The summed E-state index contributed by atoms with van der Waals surface area (Å²) in [6, 6.07) is 10.6. The van der Waals surface area contributed by atoms with Gasteiger partial charge in [-0.1, -0.05) is 41.1 Å². The Balaban J connectivity index is 2.52. The maximum atomic E-state index is 4.60. The highest BCUT2D eigenvalue weighted by molar-refractivity contribution is 9.09. The number of benzene rings is 1. The highest BCUT2D eigenvalue weighted by Crippen LogP contribution is 2.26. The minimum atomic E-state index is 0.989. The van der Waals surface area contributed by atoms with Gasteiger partial charge >= 0.3 is 0 Å². The molecule has 96 valence electrons. The Labute approximate surface area is 117 Å². The molecule has 0 fully saturated rings. The van der Waals surface area contributed by atoms with E-state index in [-0.39, 0.29) is 0 Å². The molecule has 2 rings (SSSR count). The molecule has 0 aliphatic carbocycles. The molecule has 0 aliphatic rings. The van der Waals surface area contributed by atoms with E-state index in [1.54, 1.807) is 0 Å². The monoisotopic (exact) mass is 306 g/mol. The summed E-state index contributed by atoms with van der Waals surface area (Å²) in [6.45, 7) is 6.39. The Bertz CT molecular complexity index is 519. The number of halogens is 1. The summed E-state index contributed by atoms with van der Waals surface area (Å²) in [5.74, 6) is 0. The van der Waals surface area contributed by atoms with E-state index in [4.69, 9.17) is 0 Å². The molecule has 1 aromatic carbocycles. The van der Waals surface area contributed by atoms with Crippen molar-refractivity contribution in [2.75, 3.05) is 23.3 Å². The normalized spacial score (nSPS) is 10.8. The average molecular weight is 307 g/mol. The summed E-state index contributed by atoms with van der Waals surface area (Å²) >= 11 is 3.54. The molecule has 2 nitrogen and oxygen atoms in total. The van der Waals surface area contributed by atoms with Crippen molar-refractivity contribution in [3.8, 4) is 0 Å². The number of rotatable bonds is 5. The van der Waals surface area contributed by atoms with Crippen LogP contribution >= 0.6 is 15.9 Å². The van der Waals surface area contributed by atoms with Crippen LogP contribution in [0.15, 0.2) is 30.3 Å². The molecule has 0 amide bonds. The molecule has 0 saturated heterocycles. The molecular weight excluding hydrogens is 288 g/mol. The number of nitrogens with zero attached hydrogens (tertiary/aromatic N) is 2. The fourth-order valence-corrected chi connectivity index (χ4v) is 2.70. The summed E-state index contributed by atoms with van der Waals surface area (Å²) in [5, 5.41) is 2.24. The number of para-hydroxylation sites is 1. The minimum absolute atomic E-state index is 0.989. The van der Waals surface area contributed by atoms with Crippen molar-refractivity contribution in [2.24, 2.45) is 0 Å². The van der Waals surface area contributed by atoms with Gasteiger partial charge < -0.3 is 4.90 Å². The largest absolute Gasteiger partial charge is 0.370 e. The number of alkyl halides is 1. The maximum Gasteiger partial charge on any atom is 0.0726 e. The predicted octanol–water partition coefficient (Wildman–Crippen LogP) is 4.15. The van der Waals surface area contributed by atoms with Crippen LogP contribution in [0.25, 0.3) is 10.9 Å². The van der Waals surface area contributed by atoms with Crippen LogP contribution in [0.3, 0.4) is 0 Å². The fourth-order valence-electron chi connectivity index (χ4n) is 2.27. The summed E-state index contributed by atoms with van der Waals surface area (Å²) in [7, 11) is 0. The topological polar surface area (TPSA) is 16.1 Å². The number of aryl methyl sites for hydroxylation is 1. The number of aromatic nitrogens is 1. The number of hydrogen-bond acceptors (Lipinski definition) is 2. The van der Waals surface area contributed by atoms with Crippen LogP contribution in [-0.2, 0) is 0 Å². The van der Waals surface area contributed by atoms with Crippen molar-refractivity contribution in [2.45, 2.75) is 20.3 Å². The zero-order valence-electron chi connectivity index (χ0n) is 11.0. The highest BCUT2D eigenvalue weighted by Gasteiger charge is 2.10. The van der Waals surface area contributed by atoms with Gasteiger partial charge in [-0.15, -0.1) is 0 Å². The first kappa shape index (κ1) is 13.3. The third kappa shape index (κ3) is 2.83. The molecule has 0 radical (unpaired) electrons. The molecule has 0 atom stereocenters. The lowest BCUT2D eigenvalue weighted by Crippen LogP contribution is -2.26. The van der Waals surface area contributed by atoms with Crippen LogP contribution in [0, 0.1) is 6.92 Å². The first-order chi connectivity index (χ1) is 8.76. The van der Waals surface area contributed by atoms with Crippen molar-refractivity contribution < 1.29 is 0 Å². The van der Waals surface area contributed by atoms with Crippen LogP contribution in [0.2, 0.25) is 0 Å². The van der Waals surface area contributed by atoms with Gasteiger partial charge in [0.15, 0.2) is 0 Å². The molecule has 1 heterocycles. The molecular formula is C15H19BrN2. The Kier molecular flexibility index (Phi) is 4.59. The second kappa shape index (κ2) is 6.19. The van der Waals surface area contributed by atoms with Gasteiger partial charge in [0.05, 0.1) is 5.52 Å². The van der Waals surface area contributed by atoms with Gasteiger partial charge in [0.2, 0.25) is 0 Å². The fraction of sp³-hybridized carbons (Fsp3) is 0.400. The molecule has 1 aromatic heterocycles. The predicted molar refractivity (Wildman–Crippen MR) is 82.8 cm³/mol. The van der Waals surface area contributed by atoms with Crippen LogP contribution < -0.4 is 4.90 Å². The lowest BCUT2D eigenvalue weighted by Gasteiger charge is -2.25. The Hall–Kier alpha value is -1.09. The average Bonchev–Trinajstić information content (AvgIpc) is 2.37. The standard InChI is InChI=1S/C15H19BrN2/c1-3-9-18(10-8-16)15-11-12(2)17-14-7-5-4-6-13(14)15/h4-7,11H,3,8-10H2,1-2H3. The van der Waals surface area contributed by atoms with E-state index in [9.17, 15) is 0 Å². The van der Waals surface area contributed by atoms with E-state index >= 15 is 0 Å². The quantitative estimate of drug-likeness (QED) is 0.771. The van der Waals surface area contributed by atoms with Gasteiger partial charge in [0.1, 0.15) is 0 Å². The van der Waals surface area contributed by atoms with Gasteiger partial charge in [-0.05, 0) is 25.5 Å². The van der Waals surface area contributed by atoms with Gasteiger partial charge in [-0.2, -0.15) is 0 Å². The van der Waals surface area contributed by atoms with Crippen molar-refractivity contribution in [1.29, 1.82) is 0 Å². The Morgan fingerprint density at radius 3 is 2.72 bits per heavy atom. The van der Waals surface area contributed by atoms with Gasteiger partial charge in [-0.25, -0.2) is 0 Å². The second-order valence-electron chi connectivity index (χ2n) is 4.48. The number of pyridine rings is 1. The molecule has 2 aromatic rings. The van der Waals surface area contributed by atoms with E-state index < -0.39 is 0 Å². The Morgan fingerprint density at radius 1 is 1.22 bits per heavy atom. The van der Waals surface area contributed by atoms with E-state index in [1.165, 1.54) is 11.1 Å². The molecule has 0 saturated carbocycles. The van der Waals surface area contributed by atoms with Crippen LogP contribution in [0.5, 0.6) is 0 Å². The van der Waals surface area contributed by atoms with E-state index in [1.807, 2.05) is 6.07 Å². The van der Waals surface area contributed by atoms with Gasteiger partial charge in [0, 0.05) is 35.2 Å². The maximum absolute atomic E-state index is 4.60. The smallest absolute Gasteiger partial charge is 0.0726 e. The van der Waals surface area contributed by atoms with E-state index in [0.717, 1.165) is 36.1 Å². The van der Waals surface area contributed by atoms with Crippen molar-refractivity contribution in [3.63, 3.8) is 0 Å². The SMILES string of the molecule is CCCN(CCBr)c1cc(C)nc2ccccc12. The molecule has 18 heavy (non-hydrogen) atoms. The summed E-state index contributed by atoms with van der Waals surface area (Å²) < 4.78 is 0. The van der Waals surface area contributed by atoms with Gasteiger partial charge in [-0.3, -0.25) is 4.98 Å². The van der Waals surface area contributed by atoms with Crippen LogP contribution in [0.1, 0.15) is 19.0 Å². The molecule has 0 spiro atoms. The van der Waals surface area contributed by atoms with Crippen molar-refractivity contribution in [3.05, 3.63) is 36.0 Å². The zero-order chi connectivity index (χ0) is 13.0. The zero-order valence-corrected chi connectivity index (χ0v) is 12.6. The van der Waals surface area contributed by atoms with E-state index in [2.05, 4.69) is 63.9 Å². The first-order valence-corrected chi connectivity index (χ1v) is 7.55. The van der Waals surface area contributed by atoms with E-state index in [0.29, 0.717) is 0 Å². The summed E-state index contributed by atoms with van der Waals surface area (Å²) in [4.78, 5) is 7.04. The highest BCUT2D eigenvalue weighted by atomic mass is 79.9. The summed E-state index contributed by atoms with van der Waals surface area (Å²) in [5.41, 5.74) is 3.47. The summed E-state index contributed by atoms with van der Waals surface area (Å²) in [6.07, 6.45) is 1.16. The third-order valence-corrected chi connectivity index (χ3v) is 3.37. The number of anilines is 1. The lowest BCUT2D eigenvalue weighted by molar-refractivity contribution is 0.799. The van der Waals surface area contributed by atoms with Crippen molar-refractivity contribution in [1.82, 2.24) is 4.98 Å². The first-order valence-electron chi connectivity index (χ1n) is 6.43. The molecule has 0 N–H and O–H groups in total. The molecule has 0 unspecified atom stereocenters. The molecule has 3 heteroatoms. The van der Waals surface area contributed by atoms with Crippen LogP contribution in [-0.4, -0.2) is 23.4 Å². The minimum Gasteiger partial charge on any atom is -0.370 e. The van der Waals surface area contributed by atoms with Crippen molar-refractivity contribution >= 4 is 32.5 Å². The lowest BCUT2D eigenvalue weighted by atomic mass is 10.1. The molecule has 0 aliphatic heterocycles. The van der Waals surface area contributed by atoms with Gasteiger partial charge in [0.25, 0.3) is 0 Å². The second-order valence-corrected chi connectivity index (χ2v) is 5.27. The third-order valence-electron chi connectivity index (χ3n) is 3.01. The number of fused-ring (bicyclic) bond motifs is 1. The molecule has 0 bridgehead atoms.